The summed E-state index contributed by atoms with van der Waals surface area (Å²) >= 11 is 0.688. The van der Waals surface area contributed by atoms with Crippen LogP contribution < -0.4 is 14.2 Å². The van der Waals surface area contributed by atoms with E-state index >= 15 is 0 Å². The topological polar surface area (TPSA) is 165 Å². The van der Waals surface area contributed by atoms with Crippen LogP contribution in [-0.4, -0.2) is 51.6 Å². The number of amides is 1. The minimum absolute atomic E-state index is 0.0385. The molecule has 0 bridgehead atoms. The molecular weight excluding hydrogens is 492 g/mol. The van der Waals surface area contributed by atoms with Crippen molar-refractivity contribution in [3.63, 3.8) is 0 Å². The van der Waals surface area contributed by atoms with E-state index in [1.807, 2.05) is 0 Å². The lowest BCUT2D eigenvalue weighted by molar-refractivity contribution is -0.112. The number of sulfone groups is 1. The number of anilines is 1. The van der Waals surface area contributed by atoms with Crippen LogP contribution in [0, 0.1) is 17.2 Å². The first kappa shape index (κ1) is 26.2. The first-order valence-corrected chi connectivity index (χ1v) is 13.8. The van der Waals surface area contributed by atoms with Crippen molar-refractivity contribution in [3.8, 4) is 17.6 Å². The molecule has 2 rings (SSSR count). The Hall–Kier alpha value is -3.02. The number of nitriles is 1. The Kier molecular flexibility index (Phi) is 8.53. The number of ether oxygens (including phenoxy) is 1. The number of aromatic nitrogens is 2. The number of hydrogen-bond acceptors (Lipinski definition) is 11. The fourth-order valence-electron chi connectivity index (χ4n) is 2.49. The van der Waals surface area contributed by atoms with Crippen molar-refractivity contribution in [2.45, 2.75) is 25.1 Å². The van der Waals surface area contributed by atoms with Crippen LogP contribution in [0.5, 0.6) is 11.5 Å². The molecule has 0 atom stereocenters. The Balaban J connectivity index is 2.26. The molecular formula is C19H22N4O7S3. The molecule has 11 nitrogen and oxygen atoms in total. The van der Waals surface area contributed by atoms with Crippen LogP contribution in [0.15, 0.2) is 28.1 Å². The first-order chi connectivity index (χ1) is 15.3. The van der Waals surface area contributed by atoms with Gasteiger partial charge in [-0.2, -0.15) is 13.7 Å². The van der Waals surface area contributed by atoms with E-state index in [1.165, 1.54) is 24.3 Å². The maximum atomic E-state index is 12.5. The van der Waals surface area contributed by atoms with Crippen molar-refractivity contribution in [2.75, 3.05) is 23.9 Å². The summed E-state index contributed by atoms with van der Waals surface area (Å²) in [5.41, 5.74) is 0.0551. The first-order valence-electron chi connectivity index (χ1n) is 9.50. The number of rotatable bonds is 10. The molecule has 0 aliphatic heterocycles. The molecule has 0 aliphatic rings. The molecule has 0 unspecified atom stereocenters. The number of nitrogens with zero attached hydrogens (tertiary/aromatic N) is 3. The normalized spacial score (nSPS) is 12.3. The molecule has 1 heterocycles. The highest BCUT2D eigenvalue weighted by atomic mass is 32.2. The Bertz CT molecular complexity index is 1310. The van der Waals surface area contributed by atoms with Crippen LogP contribution in [-0.2, 0) is 24.7 Å². The largest absolute Gasteiger partial charge is 0.490 e. The Morgan fingerprint density at radius 3 is 2.52 bits per heavy atom. The van der Waals surface area contributed by atoms with Gasteiger partial charge in [-0.1, -0.05) is 31.3 Å². The van der Waals surface area contributed by atoms with Gasteiger partial charge in [0.15, 0.2) is 11.5 Å². The van der Waals surface area contributed by atoms with Gasteiger partial charge >= 0.3 is 10.1 Å². The lowest BCUT2D eigenvalue weighted by Crippen LogP contribution is -2.13. The van der Waals surface area contributed by atoms with Crippen molar-refractivity contribution in [2.24, 2.45) is 5.92 Å². The number of benzene rings is 1. The Morgan fingerprint density at radius 1 is 1.24 bits per heavy atom. The van der Waals surface area contributed by atoms with E-state index in [1.54, 1.807) is 26.8 Å². The molecule has 0 fully saturated rings. The van der Waals surface area contributed by atoms with Crippen LogP contribution >= 0.6 is 11.3 Å². The molecule has 0 saturated carbocycles. The van der Waals surface area contributed by atoms with Crippen LogP contribution in [0.4, 0.5) is 5.13 Å². The molecule has 178 valence electrons. The van der Waals surface area contributed by atoms with Gasteiger partial charge < -0.3 is 8.92 Å². The standard InChI is InChI=1S/C19H22N4O7S3/c1-5-29-16-9-13(6-7-15(16)30-32(4,25)26)8-14(10-20)17(24)21-18-22-23-19(31-18)33(27,28)11-12(2)3/h6-9,12H,5,11H2,1-4H3,(H,21,22,24). The predicted octanol–water partition coefficient (Wildman–Crippen LogP) is 2.25. The smallest absolute Gasteiger partial charge is 0.306 e. The third-order valence-electron chi connectivity index (χ3n) is 3.63. The van der Waals surface area contributed by atoms with E-state index in [0.29, 0.717) is 16.9 Å². The summed E-state index contributed by atoms with van der Waals surface area (Å²) in [6.07, 6.45) is 2.14. The maximum absolute atomic E-state index is 12.5. The average molecular weight is 515 g/mol. The van der Waals surface area contributed by atoms with Crippen LogP contribution in [0.25, 0.3) is 6.08 Å². The number of nitrogens with one attached hydrogen (secondary N) is 1. The third kappa shape index (κ3) is 7.81. The zero-order chi connectivity index (χ0) is 24.8. The maximum Gasteiger partial charge on any atom is 0.306 e. The van der Waals surface area contributed by atoms with E-state index in [-0.39, 0.29) is 44.8 Å². The van der Waals surface area contributed by atoms with E-state index in [2.05, 4.69) is 15.5 Å². The second-order valence-electron chi connectivity index (χ2n) is 7.10. The molecule has 14 heteroatoms. The molecule has 0 aliphatic carbocycles. The Morgan fingerprint density at radius 2 is 1.94 bits per heavy atom. The minimum Gasteiger partial charge on any atom is -0.490 e. The zero-order valence-electron chi connectivity index (χ0n) is 18.2. The van der Waals surface area contributed by atoms with Gasteiger partial charge in [-0.05, 0) is 36.6 Å². The van der Waals surface area contributed by atoms with Crippen LogP contribution in [0.2, 0.25) is 0 Å². The van der Waals surface area contributed by atoms with E-state index in [4.69, 9.17) is 8.92 Å². The van der Waals surface area contributed by atoms with E-state index in [0.717, 1.165) is 6.26 Å². The fraction of sp³-hybridized carbons (Fsp3) is 0.368. The molecule has 2 aromatic rings. The zero-order valence-corrected chi connectivity index (χ0v) is 20.7. The second-order valence-corrected chi connectivity index (χ2v) is 11.9. The highest BCUT2D eigenvalue weighted by Crippen LogP contribution is 2.30. The molecule has 0 spiro atoms. The average Bonchev–Trinajstić information content (AvgIpc) is 3.15. The van der Waals surface area contributed by atoms with Gasteiger partial charge in [-0.3, -0.25) is 10.1 Å². The summed E-state index contributed by atoms with van der Waals surface area (Å²) in [5.74, 6) is -0.973. The number of carbonyl (C=O) groups excluding carboxylic acids is 1. The molecule has 33 heavy (non-hydrogen) atoms. The number of hydrogen-bond donors (Lipinski definition) is 1. The monoisotopic (exact) mass is 514 g/mol. The third-order valence-corrected chi connectivity index (χ3v) is 7.48. The van der Waals surface area contributed by atoms with E-state index in [9.17, 15) is 26.9 Å². The van der Waals surface area contributed by atoms with Crippen LogP contribution in [0.1, 0.15) is 26.3 Å². The highest BCUT2D eigenvalue weighted by molar-refractivity contribution is 7.93. The quantitative estimate of drug-likeness (QED) is 0.215. The van der Waals surface area contributed by atoms with Gasteiger partial charge in [0, 0.05) is 0 Å². The molecule has 1 aromatic carbocycles. The van der Waals surface area contributed by atoms with Crippen molar-refractivity contribution in [1.82, 2.24) is 10.2 Å². The van der Waals surface area contributed by atoms with Crippen molar-refractivity contribution in [3.05, 3.63) is 29.3 Å². The van der Waals surface area contributed by atoms with Crippen molar-refractivity contribution < 1.29 is 30.6 Å². The van der Waals surface area contributed by atoms with Gasteiger partial charge in [-0.15, -0.1) is 10.2 Å². The van der Waals surface area contributed by atoms with Crippen LogP contribution in [0.3, 0.4) is 0 Å². The summed E-state index contributed by atoms with van der Waals surface area (Å²) in [6, 6.07) is 5.94. The molecule has 0 saturated heterocycles. The van der Waals surface area contributed by atoms with Gasteiger partial charge in [0.05, 0.1) is 18.6 Å². The SMILES string of the molecule is CCOc1cc(C=C(C#N)C(=O)Nc2nnc(S(=O)(=O)CC(C)C)s2)ccc1OS(C)(=O)=O. The molecule has 1 N–H and O–H groups in total. The molecule has 0 radical (unpaired) electrons. The van der Waals surface area contributed by atoms with Gasteiger partial charge in [0.2, 0.25) is 19.3 Å². The van der Waals surface area contributed by atoms with E-state index < -0.39 is 25.9 Å². The van der Waals surface area contributed by atoms with Gasteiger partial charge in [-0.25, -0.2) is 8.42 Å². The predicted molar refractivity (Wildman–Crippen MR) is 122 cm³/mol. The summed E-state index contributed by atoms with van der Waals surface area (Å²) in [5, 5.41) is 19.0. The summed E-state index contributed by atoms with van der Waals surface area (Å²) in [7, 11) is -7.42. The summed E-state index contributed by atoms with van der Waals surface area (Å²) in [6.45, 7) is 5.42. The lowest BCUT2D eigenvalue weighted by Gasteiger charge is -2.11. The number of carbonyl (C=O) groups is 1. The Labute approximate surface area is 196 Å². The summed E-state index contributed by atoms with van der Waals surface area (Å²) in [4.78, 5) is 12.5. The second kappa shape index (κ2) is 10.7. The lowest BCUT2D eigenvalue weighted by atomic mass is 10.1. The van der Waals surface area contributed by atoms with Gasteiger partial charge in [0.25, 0.3) is 5.91 Å². The van der Waals surface area contributed by atoms with Gasteiger partial charge in [0.1, 0.15) is 11.6 Å². The van der Waals surface area contributed by atoms with Crippen molar-refractivity contribution in [1.29, 1.82) is 5.26 Å². The molecule has 1 amide bonds. The fourth-order valence-corrected chi connectivity index (χ4v) is 5.56. The minimum atomic E-state index is -3.79. The van der Waals surface area contributed by atoms with Crippen molar-refractivity contribution >= 4 is 48.4 Å². The summed E-state index contributed by atoms with van der Waals surface area (Å²) < 4.78 is 57.3. The highest BCUT2D eigenvalue weighted by Gasteiger charge is 2.23. The molecule has 1 aromatic heterocycles.